The summed E-state index contributed by atoms with van der Waals surface area (Å²) < 4.78 is 5.49. The molecule has 5 heteroatoms. The second-order valence-electron chi connectivity index (χ2n) is 4.17. The molecule has 0 saturated carbocycles. The molecule has 1 atom stereocenters. The van der Waals surface area contributed by atoms with E-state index in [0.717, 1.165) is 23.7 Å². The van der Waals surface area contributed by atoms with Crippen molar-refractivity contribution in [2.75, 3.05) is 41.5 Å². The van der Waals surface area contributed by atoms with Gasteiger partial charge in [0, 0.05) is 52.6 Å². The van der Waals surface area contributed by atoms with E-state index in [1.807, 2.05) is 36.9 Å². The third-order valence-corrected chi connectivity index (χ3v) is 5.50. The van der Waals surface area contributed by atoms with Crippen LogP contribution in [0.1, 0.15) is 6.92 Å². The van der Waals surface area contributed by atoms with Crippen molar-refractivity contribution in [1.82, 2.24) is 0 Å². The van der Waals surface area contributed by atoms with Crippen molar-refractivity contribution in [1.29, 1.82) is 0 Å². The fraction of sp³-hybridized carbons (Fsp3) is 0.538. The van der Waals surface area contributed by atoms with E-state index < -0.39 is 0 Å². The number of hydrogen-bond acceptors (Lipinski definition) is 5. The SMILES string of the molecule is CCOc1cc(N)cc(NCC2CSCCS2)c1. The summed E-state index contributed by atoms with van der Waals surface area (Å²) in [5, 5.41) is 4.15. The summed E-state index contributed by atoms with van der Waals surface area (Å²) in [4.78, 5) is 0. The van der Waals surface area contributed by atoms with Gasteiger partial charge >= 0.3 is 0 Å². The number of nitrogens with two attached hydrogens (primary N) is 1. The van der Waals surface area contributed by atoms with Gasteiger partial charge < -0.3 is 15.8 Å². The Kier molecular flexibility index (Phi) is 5.38. The molecular formula is C13H20N2OS2. The highest BCUT2D eigenvalue weighted by molar-refractivity contribution is 8.06. The molecule has 1 fully saturated rings. The summed E-state index contributed by atoms with van der Waals surface area (Å²) in [6, 6.07) is 5.84. The number of rotatable bonds is 5. The van der Waals surface area contributed by atoms with E-state index in [4.69, 9.17) is 10.5 Å². The minimum atomic E-state index is 0.665. The van der Waals surface area contributed by atoms with Crippen molar-refractivity contribution in [2.45, 2.75) is 12.2 Å². The van der Waals surface area contributed by atoms with Crippen LogP contribution in [-0.2, 0) is 0 Å². The minimum absolute atomic E-state index is 0.665. The lowest BCUT2D eigenvalue weighted by molar-refractivity contribution is 0.340. The van der Waals surface area contributed by atoms with Crippen molar-refractivity contribution in [3.8, 4) is 5.75 Å². The summed E-state index contributed by atoms with van der Waals surface area (Å²) in [7, 11) is 0. The molecule has 0 radical (unpaired) electrons. The summed E-state index contributed by atoms with van der Waals surface area (Å²) in [6.07, 6.45) is 0. The van der Waals surface area contributed by atoms with Crippen LogP contribution < -0.4 is 15.8 Å². The molecule has 100 valence electrons. The maximum atomic E-state index is 5.87. The van der Waals surface area contributed by atoms with Crippen LogP contribution in [0, 0.1) is 0 Å². The first-order chi connectivity index (χ1) is 8.78. The summed E-state index contributed by atoms with van der Waals surface area (Å²) >= 11 is 4.10. The van der Waals surface area contributed by atoms with Crippen LogP contribution in [0.5, 0.6) is 5.75 Å². The number of nitrogens with one attached hydrogen (secondary N) is 1. The van der Waals surface area contributed by atoms with Gasteiger partial charge in [0.05, 0.1) is 6.61 Å². The molecule has 0 bridgehead atoms. The van der Waals surface area contributed by atoms with Gasteiger partial charge in [-0.1, -0.05) is 0 Å². The van der Waals surface area contributed by atoms with Gasteiger partial charge in [0.1, 0.15) is 5.75 Å². The highest BCUT2D eigenvalue weighted by atomic mass is 32.2. The fourth-order valence-electron chi connectivity index (χ4n) is 1.86. The largest absolute Gasteiger partial charge is 0.494 e. The average molecular weight is 284 g/mol. The van der Waals surface area contributed by atoms with Crippen molar-refractivity contribution in [3.63, 3.8) is 0 Å². The van der Waals surface area contributed by atoms with E-state index in [0.29, 0.717) is 11.9 Å². The molecule has 3 nitrogen and oxygen atoms in total. The topological polar surface area (TPSA) is 47.3 Å². The molecule has 0 amide bonds. The van der Waals surface area contributed by atoms with Crippen LogP contribution >= 0.6 is 23.5 Å². The number of benzene rings is 1. The molecule has 2 rings (SSSR count). The van der Waals surface area contributed by atoms with Gasteiger partial charge in [-0.15, -0.1) is 0 Å². The summed E-state index contributed by atoms with van der Waals surface area (Å²) in [5.74, 6) is 4.62. The maximum absolute atomic E-state index is 5.87. The molecule has 0 aliphatic carbocycles. The lowest BCUT2D eigenvalue weighted by Gasteiger charge is -2.22. The Morgan fingerprint density at radius 1 is 1.39 bits per heavy atom. The van der Waals surface area contributed by atoms with Crippen molar-refractivity contribution >= 4 is 34.9 Å². The minimum Gasteiger partial charge on any atom is -0.494 e. The van der Waals surface area contributed by atoms with E-state index in [1.165, 1.54) is 17.3 Å². The van der Waals surface area contributed by atoms with Gasteiger partial charge in [-0.05, 0) is 13.0 Å². The Labute approximate surface area is 117 Å². The Hall–Kier alpha value is -0.680. The molecular weight excluding hydrogens is 264 g/mol. The predicted octanol–water partition coefficient (Wildman–Crippen LogP) is 2.93. The van der Waals surface area contributed by atoms with Gasteiger partial charge in [-0.25, -0.2) is 0 Å². The number of nitrogen functional groups attached to an aromatic ring is 1. The predicted molar refractivity (Wildman–Crippen MR) is 84.1 cm³/mol. The Morgan fingerprint density at radius 2 is 2.28 bits per heavy atom. The Balaban J connectivity index is 1.91. The van der Waals surface area contributed by atoms with Crippen LogP contribution in [0.25, 0.3) is 0 Å². The Bertz CT molecular complexity index is 381. The van der Waals surface area contributed by atoms with Gasteiger partial charge in [0.15, 0.2) is 0 Å². The second kappa shape index (κ2) is 7.04. The van der Waals surface area contributed by atoms with Crippen LogP contribution in [0.2, 0.25) is 0 Å². The molecule has 0 spiro atoms. The first-order valence-corrected chi connectivity index (χ1v) is 8.45. The summed E-state index contributed by atoms with van der Waals surface area (Å²) in [6.45, 7) is 3.64. The van der Waals surface area contributed by atoms with Crippen LogP contribution in [0.4, 0.5) is 11.4 Å². The monoisotopic (exact) mass is 284 g/mol. The molecule has 3 N–H and O–H groups in total. The second-order valence-corrected chi connectivity index (χ2v) is 6.73. The van der Waals surface area contributed by atoms with E-state index >= 15 is 0 Å². The molecule has 1 aromatic rings. The average Bonchev–Trinajstić information content (AvgIpc) is 2.37. The first-order valence-electron chi connectivity index (χ1n) is 6.24. The van der Waals surface area contributed by atoms with E-state index in [-0.39, 0.29) is 0 Å². The Morgan fingerprint density at radius 3 is 3.00 bits per heavy atom. The molecule has 1 aliphatic heterocycles. The number of thioether (sulfide) groups is 2. The van der Waals surface area contributed by atoms with E-state index in [9.17, 15) is 0 Å². The number of anilines is 2. The molecule has 0 aromatic heterocycles. The third-order valence-electron chi connectivity index (χ3n) is 2.66. The van der Waals surface area contributed by atoms with E-state index in [2.05, 4.69) is 17.1 Å². The van der Waals surface area contributed by atoms with Gasteiger partial charge in [0.2, 0.25) is 0 Å². The van der Waals surface area contributed by atoms with Crippen molar-refractivity contribution in [3.05, 3.63) is 18.2 Å². The lowest BCUT2D eigenvalue weighted by Crippen LogP contribution is -2.23. The number of hydrogen-bond donors (Lipinski definition) is 2. The van der Waals surface area contributed by atoms with Crippen LogP contribution in [-0.4, -0.2) is 35.7 Å². The molecule has 1 heterocycles. The first kappa shape index (κ1) is 13.7. The van der Waals surface area contributed by atoms with Gasteiger partial charge in [-0.2, -0.15) is 23.5 Å². The zero-order valence-corrected chi connectivity index (χ0v) is 12.3. The highest BCUT2D eigenvalue weighted by Gasteiger charge is 2.13. The fourth-order valence-corrected chi connectivity index (χ4v) is 4.47. The molecule has 1 aromatic carbocycles. The third kappa shape index (κ3) is 4.21. The normalized spacial score (nSPS) is 19.5. The van der Waals surface area contributed by atoms with Gasteiger partial charge in [0.25, 0.3) is 0 Å². The molecule has 1 aliphatic rings. The molecule has 1 saturated heterocycles. The highest BCUT2D eigenvalue weighted by Crippen LogP contribution is 2.26. The number of ether oxygens (including phenoxy) is 1. The van der Waals surface area contributed by atoms with Crippen molar-refractivity contribution in [2.24, 2.45) is 0 Å². The van der Waals surface area contributed by atoms with Crippen LogP contribution in [0.3, 0.4) is 0 Å². The van der Waals surface area contributed by atoms with E-state index in [1.54, 1.807) is 0 Å². The zero-order valence-electron chi connectivity index (χ0n) is 10.6. The summed E-state index contributed by atoms with van der Waals surface area (Å²) in [5.41, 5.74) is 7.66. The zero-order chi connectivity index (χ0) is 12.8. The van der Waals surface area contributed by atoms with Crippen LogP contribution in [0.15, 0.2) is 18.2 Å². The maximum Gasteiger partial charge on any atom is 0.123 e. The standard InChI is InChI=1S/C13H20N2OS2/c1-2-16-12-6-10(14)5-11(7-12)15-8-13-9-17-3-4-18-13/h5-7,13,15H,2-4,8-9,14H2,1H3. The molecule has 1 unspecified atom stereocenters. The lowest BCUT2D eigenvalue weighted by atomic mass is 10.2. The quantitative estimate of drug-likeness (QED) is 0.814. The van der Waals surface area contributed by atoms with Gasteiger partial charge in [-0.3, -0.25) is 0 Å². The van der Waals surface area contributed by atoms with Crippen molar-refractivity contribution < 1.29 is 4.74 Å². The smallest absolute Gasteiger partial charge is 0.123 e. The molecule has 18 heavy (non-hydrogen) atoms.